The number of hydrogen-bond donors (Lipinski definition) is 1. The minimum Gasteiger partial charge on any atom is -0.385 e. The molecule has 0 amide bonds. The van der Waals surface area contributed by atoms with Gasteiger partial charge in [0.25, 0.3) is 0 Å². The quantitative estimate of drug-likeness (QED) is 0.639. The SMILES string of the molecule is CC12CCCCC1(O)C=C(C#N)CC2. The van der Waals surface area contributed by atoms with Gasteiger partial charge in [-0.25, -0.2) is 0 Å². The maximum absolute atomic E-state index is 10.5. The van der Waals surface area contributed by atoms with Crippen molar-refractivity contribution in [2.75, 3.05) is 0 Å². The first kappa shape index (κ1) is 9.73. The number of nitrogens with zero attached hydrogens (tertiary/aromatic N) is 1. The van der Waals surface area contributed by atoms with E-state index in [-0.39, 0.29) is 5.41 Å². The van der Waals surface area contributed by atoms with E-state index in [2.05, 4.69) is 13.0 Å². The Morgan fingerprint density at radius 2 is 2.07 bits per heavy atom. The van der Waals surface area contributed by atoms with Gasteiger partial charge in [-0.1, -0.05) is 19.8 Å². The molecule has 0 spiro atoms. The summed E-state index contributed by atoms with van der Waals surface area (Å²) in [4.78, 5) is 0. The maximum Gasteiger partial charge on any atom is 0.0944 e. The standard InChI is InChI=1S/C12H17NO/c1-11-5-2-3-6-12(11,14)8-10(9-13)4-7-11/h8,14H,2-7H2,1H3. The van der Waals surface area contributed by atoms with Gasteiger partial charge in [-0.3, -0.25) is 0 Å². The van der Waals surface area contributed by atoms with Crippen LogP contribution in [0.3, 0.4) is 0 Å². The third-order valence-corrected chi connectivity index (χ3v) is 4.08. The highest BCUT2D eigenvalue weighted by molar-refractivity contribution is 5.30. The van der Waals surface area contributed by atoms with E-state index in [1.807, 2.05) is 6.08 Å². The summed E-state index contributed by atoms with van der Waals surface area (Å²) in [6.45, 7) is 2.16. The Labute approximate surface area is 85.2 Å². The highest BCUT2D eigenvalue weighted by atomic mass is 16.3. The Morgan fingerprint density at radius 1 is 1.36 bits per heavy atom. The van der Waals surface area contributed by atoms with Crippen LogP contribution < -0.4 is 0 Å². The Hall–Kier alpha value is -0.810. The van der Waals surface area contributed by atoms with Gasteiger partial charge in [0.2, 0.25) is 0 Å². The van der Waals surface area contributed by atoms with Gasteiger partial charge in [0, 0.05) is 11.0 Å². The van der Waals surface area contributed by atoms with Crippen LogP contribution in [0.5, 0.6) is 0 Å². The maximum atomic E-state index is 10.5. The molecule has 1 saturated carbocycles. The van der Waals surface area contributed by atoms with E-state index >= 15 is 0 Å². The van der Waals surface area contributed by atoms with Crippen LogP contribution in [0, 0.1) is 16.7 Å². The Morgan fingerprint density at radius 3 is 2.79 bits per heavy atom. The predicted molar refractivity (Wildman–Crippen MR) is 54.5 cm³/mol. The number of allylic oxidation sites excluding steroid dienone is 1. The van der Waals surface area contributed by atoms with E-state index < -0.39 is 5.60 Å². The zero-order valence-corrected chi connectivity index (χ0v) is 8.71. The van der Waals surface area contributed by atoms with Crippen LogP contribution >= 0.6 is 0 Å². The van der Waals surface area contributed by atoms with Crippen LogP contribution in [0.4, 0.5) is 0 Å². The Balaban J connectivity index is 2.36. The van der Waals surface area contributed by atoms with E-state index in [0.29, 0.717) is 0 Å². The fourth-order valence-electron chi connectivity index (χ4n) is 2.87. The van der Waals surface area contributed by atoms with Gasteiger partial charge in [0.1, 0.15) is 0 Å². The molecule has 2 heteroatoms. The number of nitriles is 1. The highest BCUT2D eigenvalue weighted by Crippen LogP contribution is 2.51. The molecule has 14 heavy (non-hydrogen) atoms. The average molecular weight is 191 g/mol. The number of hydrogen-bond acceptors (Lipinski definition) is 2. The third-order valence-electron chi connectivity index (χ3n) is 4.08. The largest absolute Gasteiger partial charge is 0.385 e. The molecule has 1 N–H and O–H groups in total. The minimum atomic E-state index is -0.700. The summed E-state index contributed by atoms with van der Waals surface area (Å²) >= 11 is 0. The molecule has 0 heterocycles. The summed E-state index contributed by atoms with van der Waals surface area (Å²) in [6.07, 6.45) is 7.86. The number of fused-ring (bicyclic) bond motifs is 1. The second kappa shape index (κ2) is 3.10. The first-order valence-electron chi connectivity index (χ1n) is 5.44. The topological polar surface area (TPSA) is 44.0 Å². The monoisotopic (exact) mass is 191 g/mol. The zero-order chi connectivity index (χ0) is 10.2. The molecule has 1 fully saturated rings. The van der Waals surface area contributed by atoms with Crippen molar-refractivity contribution in [2.45, 2.75) is 51.0 Å². The van der Waals surface area contributed by atoms with Crippen LogP contribution in [0.15, 0.2) is 11.6 Å². The Kier molecular flexibility index (Phi) is 2.16. The van der Waals surface area contributed by atoms with Crippen molar-refractivity contribution in [3.05, 3.63) is 11.6 Å². The van der Waals surface area contributed by atoms with Crippen LogP contribution in [0.2, 0.25) is 0 Å². The fraction of sp³-hybridized carbons (Fsp3) is 0.750. The normalized spacial score (nSPS) is 42.2. The molecule has 0 bridgehead atoms. The van der Waals surface area contributed by atoms with Crippen LogP contribution in [0.1, 0.15) is 45.4 Å². The second-order valence-electron chi connectivity index (χ2n) is 4.97. The van der Waals surface area contributed by atoms with Crippen molar-refractivity contribution in [3.8, 4) is 6.07 Å². The Bertz CT molecular complexity index is 315. The van der Waals surface area contributed by atoms with E-state index in [4.69, 9.17) is 5.26 Å². The van der Waals surface area contributed by atoms with Crippen molar-refractivity contribution in [2.24, 2.45) is 5.41 Å². The lowest BCUT2D eigenvalue weighted by atomic mass is 9.59. The summed E-state index contributed by atoms with van der Waals surface area (Å²) in [5, 5.41) is 19.4. The molecule has 0 aromatic rings. The smallest absolute Gasteiger partial charge is 0.0944 e. The zero-order valence-electron chi connectivity index (χ0n) is 8.71. The molecule has 0 aromatic carbocycles. The van der Waals surface area contributed by atoms with Gasteiger partial charge in [-0.2, -0.15) is 5.26 Å². The highest BCUT2D eigenvalue weighted by Gasteiger charge is 2.48. The van der Waals surface area contributed by atoms with Crippen LogP contribution in [0.25, 0.3) is 0 Å². The molecule has 2 unspecified atom stereocenters. The summed E-state index contributed by atoms with van der Waals surface area (Å²) in [6, 6.07) is 2.18. The second-order valence-corrected chi connectivity index (χ2v) is 4.97. The molecule has 0 aliphatic heterocycles. The third kappa shape index (κ3) is 1.27. The lowest BCUT2D eigenvalue weighted by Gasteiger charge is -2.49. The van der Waals surface area contributed by atoms with Gasteiger partial charge >= 0.3 is 0 Å². The van der Waals surface area contributed by atoms with Gasteiger partial charge < -0.3 is 5.11 Å². The first-order chi connectivity index (χ1) is 6.60. The molecule has 76 valence electrons. The van der Waals surface area contributed by atoms with Crippen molar-refractivity contribution in [3.63, 3.8) is 0 Å². The minimum absolute atomic E-state index is 0.0194. The molecule has 0 aromatic heterocycles. The molecule has 0 saturated heterocycles. The summed E-state index contributed by atoms with van der Waals surface area (Å²) in [5.41, 5.74) is 0.0899. The fourth-order valence-corrected chi connectivity index (χ4v) is 2.87. The molecular formula is C12H17NO. The molecule has 2 nitrogen and oxygen atoms in total. The van der Waals surface area contributed by atoms with Crippen molar-refractivity contribution < 1.29 is 5.11 Å². The van der Waals surface area contributed by atoms with E-state index in [0.717, 1.165) is 37.7 Å². The summed E-state index contributed by atoms with van der Waals surface area (Å²) in [5.74, 6) is 0. The van der Waals surface area contributed by atoms with E-state index in [1.165, 1.54) is 6.42 Å². The molecular weight excluding hydrogens is 174 g/mol. The molecule has 2 aliphatic rings. The number of aliphatic hydroxyl groups is 1. The lowest BCUT2D eigenvalue weighted by Crippen LogP contribution is -2.49. The predicted octanol–water partition coefficient (Wildman–Crippen LogP) is 2.54. The molecule has 2 rings (SSSR count). The van der Waals surface area contributed by atoms with Gasteiger partial charge in [0.05, 0.1) is 11.7 Å². The van der Waals surface area contributed by atoms with Crippen LogP contribution in [-0.4, -0.2) is 10.7 Å². The van der Waals surface area contributed by atoms with Crippen LogP contribution in [-0.2, 0) is 0 Å². The van der Waals surface area contributed by atoms with Gasteiger partial charge in [-0.05, 0) is 31.8 Å². The van der Waals surface area contributed by atoms with Gasteiger partial charge in [-0.15, -0.1) is 0 Å². The summed E-state index contributed by atoms with van der Waals surface area (Å²) in [7, 11) is 0. The van der Waals surface area contributed by atoms with E-state index in [9.17, 15) is 5.11 Å². The average Bonchev–Trinajstić information content (AvgIpc) is 2.18. The number of rotatable bonds is 0. The van der Waals surface area contributed by atoms with Crippen molar-refractivity contribution in [1.29, 1.82) is 5.26 Å². The summed E-state index contributed by atoms with van der Waals surface area (Å²) < 4.78 is 0. The first-order valence-corrected chi connectivity index (χ1v) is 5.44. The molecule has 2 atom stereocenters. The molecule has 2 aliphatic carbocycles. The van der Waals surface area contributed by atoms with Crippen molar-refractivity contribution in [1.82, 2.24) is 0 Å². The van der Waals surface area contributed by atoms with Crippen molar-refractivity contribution >= 4 is 0 Å². The lowest BCUT2D eigenvalue weighted by molar-refractivity contribution is -0.0774. The van der Waals surface area contributed by atoms with E-state index in [1.54, 1.807) is 0 Å². The molecule has 0 radical (unpaired) electrons. The van der Waals surface area contributed by atoms with Gasteiger partial charge in [0.15, 0.2) is 0 Å².